The van der Waals surface area contributed by atoms with Gasteiger partial charge in [0.1, 0.15) is 0 Å². The molecule has 2 unspecified atom stereocenters. The van der Waals surface area contributed by atoms with E-state index in [0.717, 1.165) is 26.2 Å². The van der Waals surface area contributed by atoms with Gasteiger partial charge in [0.2, 0.25) is 0 Å². The third kappa shape index (κ3) is 4.08. The largest absolute Gasteiger partial charge is 0.479 e. The van der Waals surface area contributed by atoms with Gasteiger partial charge in [0.15, 0.2) is 6.10 Å². The molecule has 0 aliphatic carbocycles. The van der Waals surface area contributed by atoms with Gasteiger partial charge in [-0.25, -0.2) is 4.79 Å². The van der Waals surface area contributed by atoms with Crippen LogP contribution in [-0.2, 0) is 14.3 Å². The average Bonchev–Trinajstić information content (AvgIpc) is 2.76. The van der Waals surface area contributed by atoms with Crippen LogP contribution in [0.2, 0.25) is 0 Å². The van der Waals surface area contributed by atoms with Gasteiger partial charge in [0.05, 0.1) is 6.61 Å². The summed E-state index contributed by atoms with van der Waals surface area (Å²) in [5.74, 6) is -0.877. The number of carboxylic acids is 1. The average molecular weight is 231 g/mol. The van der Waals surface area contributed by atoms with Crippen molar-refractivity contribution in [1.82, 2.24) is 4.90 Å². The Morgan fingerprint density at radius 3 is 2.94 bits per heavy atom. The molecule has 1 aliphatic heterocycles. The molecule has 1 N–H and O–H groups in total. The second-order valence-corrected chi connectivity index (χ2v) is 4.07. The highest BCUT2D eigenvalue weighted by molar-refractivity contribution is 5.72. The number of carbonyl (C=O) groups is 1. The molecule has 1 aliphatic rings. The Bertz CT molecular complexity index is 216. The quantitative estimate of drug-likeness (QED) is 0.695. The SMILES string of the molecule is CCOC(CCN(C)C1CCOC1)C(=O)O. The lowest BCUT2D eigenvalue weighted by Gasteiger charge is -2.24. The molecule has 2 atom stereocenters. The first kappa shape index (κ1) is 13.4. The molecule has 5 nitrogen and oxygen atoms in total. The molecular weight excluding hydrogens is 210 g/mol. The maximum atomic E-state index is 10.9. The predicted molar refractivity (Wildman–Crippen MR) is 59.5 cm³/mol. The summed E-state index contributed by atoms with van der Waals surface area (Å²) < 4.78 is 10.4. The minimum atomic E-state index is -0.877. The smallest absolute Gasteiger partial charge is 0.332 e. The maximum absolute atomic E-state index is 10.9. The van der Waals surface area contributed by atoms with Gasteiger partial charge in [-0.1, -0.05) is 0 Å². The second kappa shape index (κ2) is 6.83. The first-order chi connectivity index (χ1) is 7.65. The highest BCUT2D eigenvalue weighted by Crippen LogP contribution is 2.11. The summed E-state index contributed by atoms with van der Waals surface area (Å²) in [5.41, 5.74) is 0. The van der Waals surface area contributed by atoms with E-state index in [4.69, 9.17) is 14.6 Å². The number of hydrogen-bond acceptors (Lipinski definition) is 4. The van der Waals surface area contributed by atoms with E-state index in [1.807, 2.05) is 14.0 Å². The second-order valence-electron chi connectivity index (χ2n) is 4.07. The molecule has 0 aromatic rings. The Balaban J connectivity index is 2.27. The van der Waals surface area contributed by atoms with Gasteiger partial charge >= 0.3 is 5.97 Å². The topological polar surface area (TPSA) is 59.0 Å². The monoisotopic (exact) mass is 231 g/mol. The van der Waals surface area contributed by atoms with Gasteiger partial charge in [0.25, 0.3) is 0 Å². The van der Waals surface area contributed by atoms with E-state index in [2.05, 4.69) is 4.90 Å². The van der Waals surface area contributed by atoms with E-state index in [1.165, 1.54) is 0 Å². The highest BCUT2D eigenvalue weighted by atomic mass is 16.5. The van der Waals surface area contributed by atoms with Crippen LogP contribution in [0.15, 0.2) is 0 Å². The maximum Gasteiger partial charge on any atom is 0.332 e. The van der Waals surface area contributed by atoms with Gasteiger partial charge in [0, 0.05) is 25.8 Å². The lowest BCUT2D eigenvalue weighted by Crippen LogP contribution is -2.36. The lowest BCUT2D eigenvalue weighted by molar-refractivity contribution is -0.150. The summed E-state index contributed by atoms with van der Waals surface area (Å²) in [7, 11) is 2.00. The van der Waals surface area contributed by atoms with Crippen molar-refractivity contribution >= 4 is 5.97 Å². The minimum Gasteiger partial charge on any atom is -0.479 e. The first-order valence-corrected chi connectivity index (χ1v) is 5.77. The summed E-state index contributed by atoms with van der Waals surface area (Å²) >= 11 is 0. The number of hydrogen-bond donors (Lipinski definition) is 1. The van der Waals surface area contributed by atoms with E-state index in [1.54, 1.807) is 0 Å². The summed E-state index contributed by atoms with van der Waals surface area (Å²) in [5, 5.41) is 8.91. The van der Waals surface area contributed by atoms with E-state index in [-0.39, 0.29) is 0 Å². The summed E-state index contributed by atoms with van der Waals surface area (Å²) in [4.78, 5) is 13.0. The molecule has 1 heterocycles. The fraction of sp³-hybridized carbons (Fsp3) is 0.909. The van der Waals surface area contributed by atoms with Crippen LogP contribution in [0.3, 0.4) is 0 Å². The van der Waals surface area contributed by atoms with E-state index >= 15 is 0 Å². The number of ether oxygens (including phenoxy) is 2. The van der Waals surface area contributed by atoms with Crippen LogP contribution < -0.4 is 0 Å². The lowest BCUT2D eigenvalue weighted by atomic mass is 10.2. The van der Waals surface area contributed by atoms with Gasteiger partial charge in [-0.15, -0.1) is 0 Å². The van der Waals surface area contributed by atoms with E-state index < -0.39 is 12.1 Å². The fourth-order valence-corrected chi connectivity index (χ4v) is 1.85. The number of aliphatic carboxylic acids is 1. The van der Waals surface area contributed by atoms with Crippen LogP contribution in [0.4, 0.5) is 0 Å². The zero-order valence-corrected chi connectivity index (χ0v) is 10.0. The first-order valence-electron chi connectivity index (χ1n) is 5.77. The van der Waals surface area contributed by atoms with Gasteiger partial charge in [-0.2, -0.15) is 0 Å². The molecular formula is C11H21NO4. The van der Waals surface area contributed by atoms with Crippen LogP contribution >= 0.6 is 0 Å². The summed E-state index contributed by atoms with van der Waals surface area (Å²) in [6.07, 6.45) is 0.869. The number of likely N-dealkylation sites (N-methyl/N-ethyl adjacent to an activating group) is 1. The molecule has 16 heavy (non-hydrogen) atoms. The van der Waals surface area contributed by atoms with Gasteiger partial charge < -0.3 is 19.5 Å². The molecule has 1 rings (SSSR count). The molecule has 0 spiro atoms. The van der Waals surface area contributed by atoms with Crippen molar-refractivity contribution in [2.24, 2.45) is 0 Å². The fourth-order valence-electron chi connectivity index (χ4n) is 1.85. The molecule has 0 amide bonds. The molecule has 5 heteroatoms. The molecule has 1 saturated heterocycles. The Morgan fingerprint density at radius 2 is 2.44 bits per heavy atom. The summed E-state index contributed by atoms with van der Waals surface area (Å²) in [6, 6.07) is 0.427. The normalized spacial score (nSPS) is 22.6. The zero-order valence-electron chi connectivity index (χ0n) is 10.0. The van der Waals surface area contributed by atoms with Crippen molar-refractivity contribution in [3.63, 3.8) is 0 Å². The van der Waals surface area contributed by atoms with E-state index in [0.29, 0.717) is 19.1 Å². The molecule has 0 aromatic carbocycles. The van der Waals surface area contributed by atoms with E-state index in [9.17, 15) is 4.79 Å². The highest BCUT2D eigenvalue weighted by Gasteiger charge is 2.23. The summed E-state index contributed by atoms with van der Waals surface area (Å²) in [6.45, 7) is 4.54. The van der Waals surface area contributed by atoms with Gasteiger partial charge in [-0.3, -0.25) is 0 Å². The van der Waals surface area contributed by atoms with Crippen molar-refractivity contribution in [2.75, 3.05) is 33.4 Å². The standard InChI is InChI=1S/C11H21NO4/c1-3-16-10(11(13)14)4-6-12(2)9-5-7-15-8-9/h9-10H,3-8H2,1-2H3,(H,13,14). The molecule has 0 aromatic heterocycles. The zero-order chi connectivity index (χ0) is 12.0. The Kier molecular flexibility index (Phi) is 5.73. The minimum absolute atomic E-state index is 0.427. The van der Waals surface area contributed by atoms with Crippen LogP contribution in [0.1, 0.15) is 19.8 Å². The number of rotatable bonds is 7. The van der Waals surface area contributed by atoms with Crippen LogP contribution in [0.5, 0.6) is 0 Å². The van der Waals surface area contributed by atoms with Crippen LogP contribution in [0, 0.1) is 0 Å². The van der Waals surface area contributed by atoms with Crippen molar-refractivity contribution in [1.29, 1.82) is 0 Å². The molecule has 0 saturated carbocycles. The third-order valence-corrected chi connectivity index (χ3v) is 2.92. The molecule has 94 valence electrons. The van der Waals surface area contributed by atoms with Crippen molar-refractivity contribution in [3.05, 3.63) is 0 Å². The van der Waals surface area contributed by atoms with Gasteiger partial charge in [-0.05, 0) is 26.8 Å². The number of nitrogens with zero attached hydrogens (tertiary/aromatic N) is 1. The van der Waals surface area contributed by atoms with Crippen molar-refractivity contribution < 1.29 is 19.4 Å². The van der Waals surface area contributed by atoms with Crippen molar-refractivity contribution in [2.45, 2.75) is 31.9 Å². The Hall–Kier alpha value is -0.650. The Morgan fingerprint density at radius 1 is 1.69 bits per heavy atom. The molecule has 0 radical (unpaired) electrons. The molecule has 1 fully saturated rings. The third-order valence-electron chi connectivity index (χ3n) is 2.92. The Labute approximate surface area is 96.3 Å². The van der Waals surface area contributed by atoms with Crippen LogP contribution in [0.25, 0.3) is 0 Å². The van der Waals surface area contributed by atoms with Crippen molar-refractivity contribution in [3.8, 4) is 0 Å². The number of carboxylic acid groups (broad SMARTS) is 1. The molecule has 0 bridgehead atoms. The predicted octanol–water partition coefficient (Wildman–Crippen LogP) is 0.587. The van der Waals surface area contributed by atoms with Crippen LogP contribution in [-0.4, -0.2) is 61.5 Å².